The predicted octanol–water partition coefficient (Wildman–Crippen LogP) is 7.74. The normalized spacial score (nSPS) is 15.7. The first-order valence-electron chi connectivity index (χ1n) is 15.3. The molecular formula is C31H58NO6+. The first-order chi connectivity index (χ1) is 18.0. The zero-order chi connectivity index (χ0) is 28.8. The van der Waals surface area contributed by atoms with E-state index in [1.54, 1.807) is 20.8 Å². The van der Waals surface area contributed by atoms with E-state index < -0.39 is 35.7 Å². The van der Waals surface area contributed by atoms with Gasteiger partial charge >= 0.3 is 17.9 Å². The molecule has 0 aromatic heterocycles. The molecule has 3 unspecified atom stereocenters. The molecule has 0 saturated heterocycles. The average Bonchev–Trinajstić information content (AvgIpc) is 2.88. The molecule has 0 fully saturated rings. The van der Waals surface area contributed by atoms with Crippen LogP contribution in [-0.4, -0.2) is 57.3 Å². The van der Waals surface area contributed by atoms with Gasteiger partial charge in [0, 0.05) is 19.3 Å². The Morgan fingerprint density at radius 2 is 0.895 bits per heavy atom. The van der Waals surface area contributed by atoms with E-state index in [0.29, 0.717) is 43.4 Å². The molecule has 0 aliphatic heterocycles. The van der Waals surface area contributed by atoms with Gasteiger partial charge in [0.15, 0.2) is 0 Å². The van der Waals surface area contributed by atoms with Crippen molar-refractivity contribution in [1.82, 2.24) is 0 Å². The number of carbonyl (C=O) groups is 3. The summed E-state index contributed by atoms with van der Waals surface area (Å²) in [4.78, 5) is 34.3. The van der Waals surface area contributed by atoms with Crippen LogP contribution in [0.1, 0.15) is 130 Å². The average molecular weight is 541 g/mol. The molecule has 0 aromatic rings. The van der Waals surface area contributed by atoms with Crippen molar-refractivity contribution in [3.8, 4) is 0 Å². The van der Waals surface area contributed by atoms with E-state index in [0.717, 1.165) is 12.8 Å². The minimum atomic E-state index is -0.846. The molecule has 0 saturated carbocycles. The van der Waals surface area contributed by atoms with Crippen LogP contribution in [0.4, 0.5) is 0 Å². The van der Waals surface area contributed by atoms with Gasteiger partial charge in [-0.2, -0.15) is 0 Å². The zero-order valence-electron chi connectivity index (χ0n) is 24.8. The number of hydrogen-bond acceptors (Lipinski definition) is 3. The largest absolute Gasteiger partial charge is 0.481 e. The Balaban J connectivity index is 4.89. The van der Waals surface area contributed by atoms with Gasteiger partial charge in [0.25, 0.3) is 0 Å². The number of carboxylic acids is 3. The Morgan fingerprint density at radius 3 is 1.21 bits per heavy atom. The third-order valence-electron chi connectivity index (χ3n) is 7.93. The molecule has 7 nitrogen and oxygen atoms in total. The van der Waals surface area contributed by atoms with Crippen molar-refractivity contribution < 1.29 is 34.2 Å². The van der Waals surface area contributed by atoms with Crippen LogP contribution in [0.15, 0.2) is 12.3 Å². The van der Waals surface area contributed by atoms with E-state index >= 15 is 0 Å². The van der Waals surface area contributed by atoms with Crippen LogP contribution in [0, 0.1) is 17.8 Å². The van der Waals surface area contributed by atoms with Crippen LogP contribution < -0.4 is 0 Å². The second-order valence-corrected chi connectivity index (χ2v) is 11.5. The minimum absolute atomic E-state index is 0.436. The molecule has 0 heterocycles. The van der Waals surface area contributed by atoms with Gasteiger partial charge in [0.1, 0.15) is 0 Å². The van der Waals surface area contributed by atoms with Gasteiger partial charge in [0.05, 0.1) is 43.6 Å². The highest BCUT2D eigenvalue weighted by molar-refractivity contribution is 5.70. The van der Waals surface area contributed by atoms with Gasteiger partial charge < -0.3 is 15.3 Å². The second-order valence-electron chi connectivity index (χ2n) is 11.5. The van der Waals surface area contributed by atoms with Crippen LogP contribution in [0.2, 0.25) is 0 Å². The van der Waals surface area contributed by atoms with Gasteiger partial charge in [-0.1, -0.05) is 98.3 Å². The van der Waals surface area contributed by atoms with Crippen molar-refractivity contribution in [2.24, 2.45) is 17.8 Å². The Hall–Kier alpha value is -1.89. The van der Waals surface area contributed by atoms with Crippen LogP contribution in [0.5, 0.6) is 0 Å². The summed E-state index contributed by atoms with van der Waals surface area (Å²) in [6.45, 7) is 8.98. The van der Waals surface area contributed by atoms with Crippen molar-refractivity contribution >= 4 is 17.9 Å². The van der Waals surface area contributed by atoms with Crippen molar-refractivity contribution in [3.05, 3.63) is 12.3 Å². The van der Waals surface area contributed by atoms with E-state index in [4.69, 9.17) is 0 Å². The molecule has 38 heavy (non-hydrogen) atoms. The summed E-state index contributed by atoms with van der Waals surface area (Å²) in [7, 11) is 0. The lowest BCUT2D eigenvalue weighted by atomic mass is 10.0. The Kier molecular flexibility index (Phi) is 20.9. The number of carboxylic acid groups (broad SMARTS) is 3. The molecule has 0 spiro atoms. The first-order valence-corrected chi connectivity index (χ1v) is 15.3. The third kappa shape index (κ3) is 18.4. The number of allylic oxidation sites excluding steroid dienone is 1. The monoisotopic (exact) mass is 540 g/mol. The number of nitrogens with zero attached hydrogens (tertiary/aromatic N) is 1. The molecule has 0 rings (SSSR count). The van der Waals surface area contributed by atoms with Crippen LogP contribution in [0.25, 0.3) is 0 Å². The second kappa shape index (κ2) is 22.0. The fourth-order valence-corrected chi connectivity index (χ4v) is 4.68. The molecule has 222 valence electrons. The number of unbranched alkanes of at least 4 members (excludes halogenated alkanes) is 12. The molecule has 0 aliphatic carbocycles. The topological polar surface area (TPSA) is 112 Å². The molecule has 3 N–H and O–H groups in total. The van der Waals surface area contributed by atoms with Crippen LogP contribution >= 0.6 is 0 Å². The predicted molar refractivity (Wildman–Crippen MR) is 154 cm³/mol. The van der Waals surface area contributed by atoms with Gasteiger partial charge in [-0.05, 0) is 18.9 Å². The summed E-state index contributed by atoms with van der Waals surface area (Å²) in [6.07, 6.45) is 22.1. The maximum atomic E-state index is 11.4. The minimum Gasteiger partial charge on any atom is -0.481 e. The van der Waals surface area contributed by atoms with Crippen LogP contribution in [-0.2, 0) is 14.4 Å². The smallest absolute Gasteiger partial charge is 0.306 e. The Bertz CT molecular complexity index is 617. The van der Waals surface area contributed by atoms with E-state index in [1.807, 2.05) is 0 Å². The standard InChI is InChI=1S/C31H57NO6/c1-5-6-7-8-9-10-11-12-13-14-15-16-17-18-22-32(23-19-26(2)29(33)34,24-20-27(3)30(35)36)25-21-28(4)31(37)38/h18,22,26-28H,5-17,19-21,23-25H2,1-4H3,(H2-,33,34,35,36,37,38)/p+1/b22-18+. The quantitative estimate of drug-likeness (QED) is 0.0764. The molecular weight excluding hydrogens is 482 g/mol. The maximum absolute atomic E-state index is 11.4. The highest BCUT2D eigenvalue weighted by Gasteiger charge is 2.30. The molecule has 0 radical (unpaired) electrons. The van der Waals surface area contributed by atoms with E-state index in [2.05, 4.69) is 19.2 Å². The van der Waals surface area contributed by atoms with E-state index in [9.17, 15) is 29.7 Å². The van der Waals surface area contributed by atoms with Crippen molar-refractivity contribution in [2.75, 3.05) is 19.6 Å². The maximum Gasteiger partial charge on any atom is 0.306 e. The van der Waals surface area contributed by atoms with E-state index in [-0.39, 0.29) is 0 Å². The summed E-state index contributed by atoms with van der Waals surface area (Å²) in [6, 6.07) is 0. The van der Waals surface area contributed by atoms with Gasteiger partial charge in [-0.3, -0.25) is 18.9 Å². The Labute approximate surface area is 232 Å². The third-order valence-corrected chi connectivity index (χ3v) is 7.93. The lowest BCUT2D eigenvalue weighted by Crippen LogP contribution is -2.47. The Morgan fingerprint density at radius 1 is 0.579 bits per heavy atom. The molecule has 0 amide bonds. The highest BCUT2D eigenvalue weighted by Crippen LogP contribution is 2.21. The first kappa shape index (κ1) is 36.1. The number of hydrogen-bond donors (Lipinski definition) is 3. The lowest BCUT2D eigenvalue weighted by molar-refractivity contribution is -0.881. The SMILES string of the molecule is CCCCCCCCCCCCCC/C=C/[N+](CCC(C)C(=O)O)(CCC(C)C(=O)O)CCC(C)C(=O)O. The highest BCUT2D eigenvalue weighted by atomic mass is 16.4. The summed E-state index contributed by atoms with van der Waals surface area (Å²) < 4.78 is 0.436. The summed E-state index contributed by atoms with van der Waals surface area (Å²) in [5.41, 5.74) is 0. The van der Waals surface area contributed by atoms with E-state index in [1.165, 1.54) is 70.6 Å². The number of aliphatic carboxylic acids is 3. The summed E-state index contributed by atoms with van der Waals surface area (Å²) in [5.74, 6) is -4.06. The van der Waals surface area contributed by atoms with Gasteiger partial charge in [0.2, 0.25) is 0 Å². The van der Waals surface area contributed by atoms with Crippen LogP contribution in [0.3, 0.4) is 0 Å². The zero-order valence-corrected chi connectivity index (χ0v) is 24.8. The molecule has 0 aromatic carbocycles. The molecule has 0 aliphatic rings. The molecule has 3 atom stereocenters. The molecule has 0 bridgehead atoms. The number of quaternary nitrogens is 1. The fourth-order valence-electron chi connectivity index (χ4n) is 4.68. The van der Waals surface area contributed by atoms with Gasteiger partial charge in [-0.15, -0.1) is 0 Å². The lowest BCUT2D eigenvalue weighted by Gasteiger charge is -2.37. The molecule has 7 heteroatoms. The summed E-state index contributed by atoms with van der Waals surface area (Å²) >= 11 is 0. The van der Waals surface area contributed by atoms with Crippen molar-refractivity contribution in [2.45, 2.75) is 130 Å². The van der Waals surface area contributed by atoms with Crippen molar-refractivity contribution in [3.63, 3.8) is 0 Å². The summed E-state index contributed by atoms with van der Waals surface area (Å²) in [5, 5.41) is 28.2. The fraction of sp³-hybridized carbons (Fsp3) is 0.839. The van der Waals surface area contributed by atoms with Crippen molar-refractivity contribution in [1.29, 1.82) is 0 Å². The van der Waals surface area contributed by atoms with Gasteiger partial charge in [-0.25, -0.2) is 0 Å². The number of rotatable bonds is 26.